The summed E-state index contributed by atoms with van der Waals surface area (Å²) in [6, 6.07) is 5.69. The molecule has 0 saturated carbocycles. The van der Waals surface area contributed by atoms with Crippen molar-refractivity contribution < 1.29 is 4.79 Å². The smallest absolute Gasteiger partial charge is 0.273 e. The quantitative estimate of drug-likeness (QED) is 0.781. The highest BCUT2D eigenvalue weighted by Crippen LogP contribution is 2.09. The zero-order chi connectivity index (χ0) is 12.3. The van der Waals surface area contributed by atoms with Crippen LogP contribution in [0, 0.1) is 0 Å². The van der Waals surface area contributed by atoms with E-state index >= 15 is 0 Å². The normalized spacial score (nSPS) is 9.94. The highest BCUT2D eigenvalue weighted by atomic mass is 35.5. The highest BCUT2D eigenvalue weighted by molar-refractivity contribution is 6.29. The Kier molecular flexibility index (Phi) is 3.15. The van der Waals surface area contributed by atoms with E-state index in [4.69, 9.17) is 11.6 Å². The van der Waals surface area contributed by atoms with Gasteiger partial charge in [0.15, 0.2) is 0 Å². The maximum atomic E-state index is 11.7. The Morgan fingerprint density at radius 2 is 2.18 bits per heavy atom. The molecule has 6 nitrogen and oxygen atoms in total. The molecule has 0 aliphatic carbocycles. The van der Waals surface area contributed by atoms with Gasteiger partial charge >= 0.3 is 0 Å². The van der Waals surface area contributed by atoms with E-state index in [0.29, 0.717) is 0 Å². The summed E-state index contributed by atoms with van der Waals surface area (Å²) in [7, 11) is 0. The predicted octanol–water partition coefficient (Wildman–Crippen LogP) is 1.07. The van der Waals surface area contributed by atoms with Crippen LogP contribution in [-0.4, -0.2) is 20.9 Å². The number of H-pyrrole nitrogens is 1. The second-order valence-corrected chi connectivity index (χ2v) is 3.50. The molecule has 0 aliphatic rings. The van der Waals surface area contributed by atoms with E-state index < -0.39 is 5.91 Å². The molecule has 7 heteroatoms. The Bertz CT molecular complexity index is 611. The maximum absolute atomic E-state index is 11.7. The number of rotatable bonds is 2. The van der Waals surface area contributed by atoms with Gasteiger partial charge in [-0.2, -0.15) is 0 Å². The van der Waals surface area contributed by atoms with E-state index in [1.165, 1.54) is 30.6 Å². The summed E-state index contributed by atoms with van der Waals surface area (Å²) in [5, 5.41) is 2.70. The molecule has 0 fully saturated rings. The lowest BCUT2D eigenvalue weighted by molar-refractivity contribution is 0.102. The average molecular weight is 251 g/mol. The minimum absolute atomic E-state index is 0.146. The van der Waals surface area contributed by atoms with Gasteiger partial charge in [-0.15, -0.1) is 0 Å². The molecule has 0 saturated heterocycles. The van der Waals surface area contributed by atoms with Gasteiger partial charge in [-0.1, -0.05) is 17.7 Å². The molecule has 2 N–H and O–H groups in total. The largest absolute Gasteiger partial charge is 0.318 e. The molecular formula is C10H7ClN4O2. The van der Waals surface area contributed by atoms with Crippen LogP contribution in [0.4, 0.5) is 5.82 Å². The number of aromatic nitrogens is 3. The average Bonchev–Trinajstić information content (AvgIpc) is 2.29. The van der Waals surface area contributed by atoms with Crippen molar-refractivity contribution in [2.45, 2.75) is 0 Å². The second-order valence-electron chi connectivity index (χ2n) is 3.11. The number of halogens is 1. The Labute approximate surface area is 101 Å². The molecule has 0 unspecified atom stereocenters. The number of carbonyl (C=O) groups is 1. The van der Waals surface area contributed by atoms with Crippen molar-refractivity contribution in [1.82, 2.24) is 15.0 Å². The predicted molar refractivity (Wildman–Crippen MR) is 62.1 cm³/mol. The van der Waals surface area contributed by atoms with Crippen LogP contribution in [0.1, 0.15) is 10.5 Å². The van der Waals surface area contributed by atoms with Crippen molar-refractivity contribution in [2.75, 3.05) is 5.32 Å². The Morgan fingerprint density at radius 1 is 1.35 bits per heavy atom. The first-order valence-corrected chi connectivity index (χ1v) is 5.01. The molecule has 1 amide bonds. The lowest BCUT2D eigenvalue weighted by Gasteiger charge is -2.03. The van der Waals surface area contributed by atoms with Crippen molar-refractivity contribution in [3.8, 4) is 0 Å². The molecule has 2 rings (SSSR count). The fourth-order valence-electron chi connectivity index (χ4n) is 1.17. The number of hydrogen-bond acceptors (Lipinski definition) is 4. The van der Waals surface area contributed by atoms with Gasteiger partial charge in [0, 0.05) is 12.1 Å². The monoisotopic (exact) mass is 250 g/mol. The molecule has 0 bridgehead atoms. The third kappa shape index (κ3) is 2.88. The molecule has 0 radical (unpaired) electrons. The molecule has 17 heavy (non-hydrogen) atoms. The number of amides is 1. The van der Waals surface area contributed by atoms with E-state index in [1.807, 2.05) is 0 Å². The molecule has 2 aromatic rings. The van der Waals surface area contributed by atoms with E-state index in [2.05, 4.69) is 20.3 Å². The van der Waals surface area contributed by atoms with E-state index in [9.17, 15) is 9.59 Å². The van der Waals surface area contributed by atoms with Gasteiger partial charge in [0.2, 0.25) is 5.56 Å². The van der Waals surface area contributed by atoms with Crippen molar-refractivity contribution in [1.29, 1.82) is 0 Å². The van der Waals surface area contributed by atoms with E-state index in [0.717, 1.165) is 0 Å². The SMILES string of the molecule is O=C(Nc1cc(Cl)ncn1)c1cccc(=O)[nH]1. The van der Waals surface area contributed by atoms with Crippen molar-refractivity contribution >= 4 is 23.3 Å². The van der Waals surface area contributed by atoms with Gasteiger partial charge in [0.1, 0.15) is 23.0 Å². The van der Waals surface area contributed by atoms with Crippen LogP contribution in [0.5, 0.6) is 0 Å². The molecular weight excluding hydrogens is 244 g/mol. The molecule has 2 aromatic heterocycles. The summed E-state index contributed by atoms with van der Waals surface area (Å²) in [5.74, 6) is -0.211. The number of carbonyl (C=O) groups excluding carboxylic acids is 1. The fourth-order valence-corrected chi connectivity index (χ4v) is 1.31. The highest BCUT2D eigenvalue weighted by Gasteiger charge is 2.07. The summed E-state index contributed by atoms with van der Waals surface area (Å²) >= 11 is 5.64. The third-order valence-corrected chi connectivity index (χ3v) is 2.09. The number of anilines is 1. The number of nitrogens with one attached hydrogen (secondary N) is 2. The van der Waals surface area contributed by atoms with E-state index in [-0.39, 0.29) is 22.2 Å². The van der Waals surface area contributed by atoms with Gasteiger partial charge in [-0.05, 0) is 6.07 Å². The molecule has 2 heterocycles. The van der Waals surface area contributed by atoms with Gasteiger partial charge in [0.25, 0.3) is 5.91 Å². The summed E-state index contributed by atoms with van der Waals surface area (Å²) < 4.78 is 0. The molecule has 0 spiro atoms. The first kappa shape index (κ1) is 11.3. The van der Waals surface area contributed by atoms with Crippen molar-refractivity contribution in [2.24, 2.45) is 0 Å². The zero-order valence-electron chi connectivity index (χ0n) is 8.48. The Morgan fingerprint density at radius 3 is 2.88 bits per heavy atom. The molecule has 0 aromatic carbocycles. The Balaban J connectivity index is 2.20. The maximum Gasteiger partial charge on any atom is 0.273 e. The minimum atomic E-state index is -0.475. The van der Waals surface area contributed by atoms with Crippen molar-refractivity contribution in [3.63, 3.8) is 0 Å². The number of pyridine rings is 1. The lowest BCUT2D eigenvalue weighted by atomic mass is 10.3. The third-order valence-electron chi connectivity index (χ3n) is 1.89. The minimum Gasteiger partial charge on any atom is -0.318 e. The van der Waals surface area contributed by atoms with Crippen LogP contribution in [0.3, 0.4) is 0 Å². The van der Waals surface area contributed by atoms with Crippen LogP contribution in [0.2, 0.25) is 5.15 Å². The van der Waals surface area contributed by atoms with Crippen molar-refractivity contribution in [3.05, 3.63) is 51.8 Å². The molecule has 0 aliphatic heterocycles. The van der Waals surface area contributed by atoms with E-state index in [1.54, 1.807) is 0 Å². The second kappa shape index (κ2) is 4.75. The molecule has 86 valence electrons. The first-order valence-electron chi connectivity index (χ1n) is 4.63. The summed E-state index contributed by atoms with van der Waals surface area (Å²) in [5.41, 5.74) is -0.203. The van der Waals surface area contributed by atoms with Gasteiger partial charge in [0.05, 0.1) is 0 Å². The number of hydrogen-bond donors (Lipinski definition) is 2. The standard InChI is InChI=1S/C10H7ClN4O2/c11-7-4-8(13-5-12-7)15-10(17)6-2-1-3-9(16)14-6/h1-5H,(H,14,16)(H,12,13,15,17). The topological polar surface area (TPSA) is 87.7 Å². The summed E-state index contributed by atoms with van der Waals surface area (Å²) in [6.45, 7) is 0. The van der Waals surface area contributed by atoms with Crippen LogP contribution in [-0.2, 0) is 0 Å². The summed E-state index contributed by atoms with van der Waals surface area (Å²) in [6.07, 6.45) is 1.23. The fraction of sp³-hybridized carbons (Fsp3) is 0. The summed E-state index contributed by atoms with van der Waals surface area (Å²) in [4.78, 5) is 32.6. The molecule has 0 atom stereocenters. The van der Waals surface area contributed by atoms with Crippen LogP contribution in [0.25, 0.3) is 0 Å². The van der Waals surface area contributed by atoms with Crippen LogP contribution < -0.4 is 10.9 Å². The Hall–Kier alpha value is -2.21. The van der Waals surface area contributed by atoms with Crippen LogP contribution in [0.15, 0.2) is 35.4 Å². The number of aromatic amines is 1. The van der Waals surface area contributed by atoms with Gasteiger partial charge in [-0.3, -0.25) is 9.59 Å². The first-order chi connectivity index (χ1) is 8.15. The van der Waals surface area contributed by atoms with Gasteiger partial charge < -0.3 is 10.3 Å². The van der Waals surface area contributed by atoms with Gasteiger partial charge in [-0.25, -0.2) is 9.97 Å². The number of nitrogens with zero attached hydrogens (tertiary/aromatic N) is 2. The zero-order valence-corrected chi connectivity index (χ0v) is 9.23. The lowest BCUT2D eigenvalue weighted by Crippen LogP contribution is -2.18. The van der Waals surface area contributed by atoms with Crippen LogP contribution >= 0.6 is 11.6 Å².